The minimum absolute atomic E-state index is 0.0142. The zero-order chi connectivity index (χ0) is 47.2. The third kappa shape index (κ3) is 52.1. The van der Waals surface area contributed by atoms with Crippen molar-refractivity contribution in [1.82, 2.24) is 5.32 Å². The van der Waals surface area contributed by atoms with E-state index in [1.807, 2.05) is 0 Å². The van der Waals surface area contributed by atoms with E-state index in [4.69, 9.17) is 4.74 Å². The molecule has 0 aliphatic carbocycles. The molecular formula is C59H117NO5. The molecule has 3 N–H and O–H groups in total. The van der Waals surface area contributed by atoms with Crippen LogP contribution in [0.1, 0.15) is 341 Å². The Morgan fingerprint density at radius 3 is 0.938 bits per heavy atom. The summed E-state index contributed by atoms with van der Waals surface area (Å²) in [5.41, 5.74) is 0. The van der Waals surface area contributed by atoms with Gasteiger partial charge in [-0.1, -0.05) is 303 Å². The fraction of sp³-hybridized carbons (Fsp3) is 0.966. The standard InChI is InChI=1S/C59H117NO5/c1-3-5-7-9-11-13-15-16-17-18-23-26-29-33-37-41-45-49-53-59(64)65-54-50-46-42-38-34-30-27-24-21-19-20-22-25-28-32-36-40-44-48-52-58(63)60-56(55-61)57(62)51-47-43-39-35-31-14-12-10-8-6-4-2/h56-57,61-62H,3-55H2,1-2H3,(H,60,63). The third-order valence-electron chi connectivity index (χ3n) is 14.2. The van der Waals surface area contributed by atoms with E-state index in [2.05, 4.69) is 19.2 Å². The highest BCUT2D eigenvalue weighted by atomic mass is 16.5. The molecular weight excluding hydrogens is 803 g/mol. The first-order valence-electron chi connectivity index (χ1n) is 29.8. The minimum atomic E-state index is -0.663. The van der Waals surface area contributed by atoms with Gasteiger partial charge in [-0.25, -0.2) is 0 Å². The van der Waals surface area contributed by atoms with Crippen LogP contribution in [0.25, 0.3) is 0 Å². The highest BCUT2D eigenvalue weighted by molar-refractivity contribution is 5.76. The molecule has 0 aromatic carbocycles. The summed E-state index contributed by atoms with van der Waals surface area (Å²) in [4.78, 5) is 24.5. The van der Waals surface area contributed by atoms with Crippen molar-refractivity contribution < 1.29 is 24.5 Å². The third-order valence-corrected chi connectivity index (χ3v) is 14.2. The average molecular weight is 921 g/mol. The quantitative estimate of drug-likeness (QED) is 0.0417. The molecule has 0 aliphatic heterocycles. The first-order valence-corrected chi connectivity index (χ1v) is 29.8. The maximum absolute atomic E-state index is 12.4. The predicted octanol–water partition coefficient (Wildman–Crippen LogP) is 18.3. The molecule has 0 radical (unpaired) electrons. The van der Waals surface area contributed by atoms with Crippen LogP contribution in [-0.2, 0) is 14.3 Å². The van der Waals surface area contributed by atoms with Gasteiger partial charge in [0.05, 0.1) is 25.4 Å². The first kappa shape index (κ1) is 63.9. The minimum Gasteiger partial charge on any atom is -0.466 e. The average Bonchev–Trinajstić information content (AvgIpc) is 3.31. The highest BCUT2D eigenvalue weighted by Gasteiger charge is 2.20. The molecule has 65 heavy (non-hydrogen) atoms. The van der Waals surface area contributed by atoms with Crippen molar-refractivity contribution in [3.63, 3.8) is 0 Å². The van der Waals surface area contributed by atoms with Gasteiger partial charge in [-0.05, 0) is 25.7 Å². The number of unbranched alkanes of at least 4 members (excludes halogenated alkanes) is 45. The van der Waals surface area contributed by atoms with Crippen molar-refractivity contribution in [2.24, 2.45) is 0 Å². The molecule has 6 nitrogen and oxygen atoms in total. The van der Waals surface area contributed by atoms with Gasteiger partial charge in [-0.15, -0.1) is 0 Å². The Bertz CT molecular complexity index is 928. The molecule has 0 aromatic rings. The molecule has 6 heteroatoms. The molecule has 0 rings (SSSR count). The molecule has 0 fully saturated rings. The number of carbonyl (C=O) groups excluding carboxylic acids is 2. The molecule has 0 saturated heterocycles. The zero-order valence-corrected chi connectivity index (χ0v) is 44.3. The van der Waals surface area contributed by atoms with Crippen molar-refractivity contribution in [3.8, 4) is 0 Å². The van der Waals surface area contributed by atoms with Gasteiger partial charge in [0.1, 0.15) is 0 Å². The van der Waals surface area contributed by atoms with E-state index in [0.717, 1.165) is 38.5 Å². The predicted molar refractivity (Wildman–Crippen MR) is 283 cm³/mol. The maximum Gasteiger partial charge on any atom is 0.305 e. The molecule has 2 atom stereocenters. The van der Waals surface area contributed by atoms with Gasteiger partial charge in [-0.2, -0.15) is 0 Å². The summed E-state index contributed by atoms with van der Waals surface area (Å²) in [7, 11) is 0. The molecule has 0 aliphatic rings. The Morgan fingerprint density at radius 1 is 0.369 bits per heavy atom. The van der Waals surface area contributed by atoms with Crippen molar-refractivity contribution in [2.75, 3.05) is 13.2 Å². The molecule has 0 spiro atoms. The lowest BCUT2D eigenvalue weighted by Gasteiger charge is -2.22. The number of carbonyl (C=O) groups is 2. The Hall–Kier alpha value is -1.14. The summed E-state index contributed by atoms with van der Waals surface area (Å²) in [6, 6.07) is -0.541. The van der Waals surface area contributed by atoms with Gasteiger partial charge < -0.3 is 20.3 Å². The lowest BCUT2D eigenvalue weighted by Crippen LogP contribution is -2.45. The highest BCUT2D eigenvalue weighted by Crippen LogP contribution is 2.18. The van der Waals surface area contributed by atoms with Crippen LogP contribution in [0.3, 0.4) is 0 Å². The van der Waals surface area contributed by atoms with Crippen LogP contribution < -0.4 is 5.32 Å². The van der Waals surface area contributed by atoms with Crippen LogP contribution >= 0.6 is 0 Å². The molecule has 0 aromatic heterocycles. The summed E-state index contributed by atoms with van der Waals surface area (Å²) in [5.74, 6) is -0.0226. The first-order chi connectivity index (χ1) is 32.0. The topological polar surface area (TPSA) is 95.9 Å². The summed E-state index contributed by atoms with van der Waals surface area (Å²) < 4.78 is 5.50. The van der Waals surface area contributed by atoms with Crippen molar-refractivity contribution >= 4 is 11.9 Å². The van der Waals surface area contributed by atoms with Crippen LogP contribution in [0.15, 0.2) is 0 Å². The lowest BCUT2D eigenvalue weighted by molar-refractivity contribution is -0.143. The van der Waals surface area contributed by atoms with Crippen LogP contribution in [0.5, 0.6) is 0 Å². The van der Waals surface area contributed by atoms with Crippen LogP contribution in [0.2, 0.25) is 0 Å². The van der Waals surface area contributed by atoms with E-state index in [1.165, 1.54) is 270 Å². The number of nitrogens with one attached hydrogen (secondary N) is 1. The summed E-state index contributed by atoms with van der Waals surface area (Å²) in [5, 5.41) is 23.2. The number of rotatable bonds is 56. The number of ether oxygens (including phenoxy) is 1. The van der Waals surface area contributed by atoms with Crippen LogP contribution in [0, 0.1) is 0 Å². The van der Waals surface area contributed by atoms with Gasteiger partial charge in [0.25, 0.3) is 0 Å². The van der Waals surface area contributed by atoms with Crippen molar-refractivity contribution in [2.45, 2.75) is 353 Å². The normalized spacial score (nSPS) is 12.5. The smallest absolute Gasteiger partial charge is 0.305 e. The number of hydrogen-bond acceptors (Lipinski definition) is 5. The van der Waals surface area contributed by atoms with Crippen LogP contribution in [0.4, 0.5) is 0 Å². The number of amides is 1. The van der Waals surface area contributed by atoms with Gasteiger partial charge in [0, 0.05) is 12.8 Å². The van der Waals surface area contributed by atoms with E-state index in [1.54, 1.807) is 0 Å². The molecule has 0 saturated carbocycles. The molecule has 0 heterocycles. The van der Waals surface area contributed by atoms with E-state index < -0.39 is 12.1 Å². The Labute approximate surface area is 406 Å². The van der Waals surface area contributed by atoms with Crippen LogP contribution in [-0.4, -0.2) is 47.4 Å². The Balaban J connectivity index is 3.34. The van der Waals surface area contributed by atoms with Crippen molar-refractivity contribution in [3.05, 3.63) is 0 Å². The molecule has 0 bridgehead atoms. The SMILES string of the molecule is CCCCCCCCCCCCCCCCCCCCC(=O)OCCCCCCCCCCCCCCCCCCCCCC(=O)NC(CO)C(O)CCCCCCCCCCCCC. The van der Waals surface area contributed by atoms with Crippen molar-refractivity contribution in [1.29, 1.82) is 0 Å². The Morgan fingerprint density at radius 2 is 0.631 bits per heavy atom. The summed E-state index contributed by atoms with van der Waals surface area (Å²) in [6.07, 6.45) is 63.9. The number of hydrogen-bond donors (Lipinski definition) is 3. The maximum atomic E-state index is 12.4. The number of esters is 1. The molecule has 388 valence electrons. The second-order valence-electron chi connectivity index (χ2n) is 20.7. The van der Waals surface area contributed by atoms with E-state index in [9.17, 15) is 19.8 Å². The van der Waals surface area contributed by atoms with E-state index in [-0.39, 0.29) is 18.5 Å². The second-order valence-corrected chi connectivity index (χ2v) is 20.7. The fourth-order valence-electron chi connectivity index (χ4n) is 9.58. The monoisotopic (exact) mass is 920 g/mol. The van der Waals surface area contributed by atoms with E-state index >= 15 is 0 Å². The van der Waals surface area contributed by atoms with Gasteiger partial charge in [0.15, 0.2) is 0 Å². The number of aliphatic hydroxyl groups excluding tert-OH is 2. The molecule has 2 unspecified atom stereocenters. The largest absolute Gasteiger partial charge is 0.466 e. The molecule has 1 amide bonds. The number of aliphatic hydroxyl groups is 2. The Kier molecular flexibility index (Phi) is 54.5. The van der Waals surface area contributed by atoms with Gasteiger partial charge in [-0.3, -0.25) is 9.59 Å². The van der Waals surface area contributed by atoms with Gasteiger partial charge in [0.2, 0.25) is 5.91 Å². The van der Waals surface area contributed by atoms with Gasteiger partial charge >= 0.3 is 5.97 Å². The van der Waals surface area contributed by atoms with E-state index in [0.29, 0.717) is 25.9 Å². The summed E-state index contributed by atoms with van der Waals surface area (Å²) >= 11 is 0. The summed E-state index contributed by atoms with van der Waals surface area (Å²) in [6.45, 7) is 4.97. The zero-order valence-electron chi connectivity index (χ0n) is 44.3. The fourth-order valence-corrected chi connectivity index (χ4v) is 9.58. The second kappa shape index (κ2) is 55.5. The lowest BCUT2D eigenvalue weighted by atomic mass is 10.0.